The highest BCUT2D eigenvalue weighted by atomic mass is 16.5. The minimum atomic E-state index is 0.0108. The molecule has 2 atom stereocenters. The first-order chi connectivity index (χ1) is 9.13. The van der Waals surface area contributed by atoms with Gasteiger partial charge >= 0.3 is 0 Å². The maximum Gasteiger partial charge on any atom is 0.123 e. The van der Waals surface area contributed by atoms with Crippen molar-refractivity contribution in [2.75, 3.05) is 13.7 Å². The molecule has 2 unspecified atom stereocenters. The lowest BCUT2D eigenvalue weighted by Gasteiger charge is -2.12. The van der Waals surface area contributed by atoms with E-state index in [1.54, 1.807) is 7.11 Å². The number of benzene rings is 1. The SMILES string of the molecule is COc1cc2c(cc1CNCC(C)C#N)OC(C)C2. The number of fused-ring (bicyclic) bond motifs is 1. The molecule has 4 nitrogen and oxygen atoms in total. The van der Waals surface area contributed by atoms with Crippen molar-refractivity contribution in [1.29, 1.82) is 5.26 Å². The molecule has 0 aliphatic carbocycles. The largest absolute Gasteiger partial charge is 0.496 e. The van der Waals surface area contributed by atoms with E-state index in [9.17, 15) is 0 Å². The van der Waals surface area contributed by atoms with Crippen molar-refractivity contribution in [3.8, 4) is 17.6 Å². The number of nitrogens with zero attached hydrogens (tertiary/aromatic N) is 1. The van der Waals surface area contributed by atoms with Gasteiger partial charge in [-0.1, -0.05) is 0 Å². The number of ether oxygens (including phenoxy) is 2. The summed E-state index contributed by atoms with van der Waals surface area (Å²) in [7, 11) is 1.68. The number of nitriles is 1. The summed E-state index contributed by atoms with van der Waals surface area (Å²) in [5.74, 6) is 1.85. The third kappa shape index (κ3) is 3.18. The third-order valence-electron chi connectivity index (χ3n) is 3.29. The lowest BCUT2D eigenvalue weighted by molar-refractivity contribution is 0.254. The number of hydrogen-bond donors (Lipinski definition) is 1. The summed E-state index contributed by atoms with van der Waals surface area (Å²) < 4.78 is 11.2. The zero-order valence-electron chi connectivity index (χ0n) is 11.7. The topological polar surface area (TPSA) is 54.3 Å². The fraction of sp³-hybridized carbons (Fsp3) is 0.533. The van der Waals surface area contributed by atoms with E-state index in [4.69, 9.17) is 14.7 Å². The molecule has 0 saturated heterocycles. The lowest BCUT2D eigenvalue weighted by Crippen LogP contribution is -2.20. The second kappa shape index (κ2) is 5.94. The zero-order chi connectivity index (χ0) is 13.8. The van der Waals surface area contributed by atoms with Gasteiger partial charge in [0.1, 0.15) is 17.6 Å². The Balaban J connectivity index is 2.08. The quantitative estimate of drug-likeness (QED) is 0.882. The Morgan fingerprint density at radius 3 is 3.05 bits per heavy atom. The molecule has 0 spiro atoms. The fourth-order valence-electron chi connectivity index (χ4n) is 2.28. The minimum absolute atomic E-state index is 0.0108. The first-order valence-corrected chi connectivity index (χ1v) is 6.60. The van der Waals surface area contributed by atoms with Gasteiger partial charge in [-0.15, -0.1) is 0 Å². The van der Waals surface area contributed by atoms with Crippen molar-refractivity contribution in [1.82, 2.24) is 5.32 Å². The molecule has 102 valence electrons. The fourth-order valence-corrected chi connectivity index (χ4v) is 2.28. The van der Waals surface area contributed by atoms with Crippen LogP contribution in [0.15, 0.2) is 12.1 Å². The molecule has 1 N–H and O–H groups in total. The first-order valence-electron chi connectivity index (χ1n) is 6.60. The van der Waals surface area contributed by atoms with Crippen LogP contribution in [0.2, 0.25) is 0 Å². The van der Waals surface area contributed by atoms with Crippen molar-refractivity contribution in [2.24, 2.45) is 5.92 Å². The average Bonchev–Trinajstić information content (AvgIpc) is 2.76. The summed E-state index contributed by atoms with van der Waals surface area (Å²) in [5, 5.41) is 12.0. The molecule has 1 aliphatic heterocycles. The highest BCUT2D eigenvalue weighted by molar-refractivity contribution is 5.48. The molecular formula is C15H20N2O2. The molecule has 1 aromatic carbocycles. The van der Waals surface area contributed by atoms with E-state index in [1.807, 2.05) is 13.0 Å². The molecule has 0 bridgehead atoms. The van der Waals surface area contributed by atoms with E-state index in [0.29, 0.717) is 13.1 Å². The molecule has 0 aromatic heterocycles. The molecule has 0 radical (unpaired) electrons. The number of methoxy groups -OCH3 is 1. The molecule has 1 aromatic rings. The molecule has 1 heterocycles. The van der Waals surface area contributed by atoms with Crippen LogP contribution in [-0.2, 0) is 13.0 Å². The van der Waals surface area contributed by atoms with E-state index in [-0.39, 0.29) is 12.0 Å². The Morgan fingerprint density at radius 1 is 1.58 bits per heavy atom. The summed E-state index contributed by atoms with van der Waals surface area (Å²) in [6.07, 6.45) is 1.17. The molecule has 0 amide bonds. The molecular weight excluding hydrogens is 240 g/mol. The Labute approximate surface area is 114 Å². The van der Waals surface area contributed by atoms with Crippen molar-refractivity contribution in [3.05, 3.63) is 23.3 Å². The summed E-state index contributed by atoms with van der Waals surface area (Å²) >= 11 is 0. The van der Waals surface area contributed by atoms with Crippen LogP contribution in [0, 0.1) is 17.2 Å². The number of rotatable bonds is 5. The van der Waals surface area contributed by atoms with Gasteiger partial charge in [-0.3, -0.25) is 0 Å². The summed E-state index contributed by atoms with van der Waals surface area (Å²) in [5.41, 5.74) is 2.28. The van der Waals surface area contributed by atoms with Gasteiger partial charge in [0.25, 0.3) is 0 Å². The molecule has 0 fully saturated rings. The van der Waals surface area contributed by atoms with Gasteiger partial charge in [0.15, 0.2) is 0 Å². The van der Waals surface area contributed by atoms with Gasteiger partial charge in [-0.05, 0) is 26.0 Å². The standard InChI is InChI=1S/C15H20N2O2/c1-10(7-16)8-17-9-13-6-15-12(4-11(2)19-15)5-14(13)18-3/h5-6,10-11,17H,4,8-9H2,1-3H3. The van der Waals surface area contributed by atoms with Crippen molar-refractivity contribution < 1.29 is 9.47 Å². The van der Waals surface area contributed by atoms with Crippen LogP contribution in [0.25, 0.3) is 0 Å². The van der Waals surface area contributed by atoms with Crippen molar-refractivity contribution in [3.63, 3.8) is 0 Å². The van der Waals surface area contributed by atoms with E-state index >= 15 is 0 Å². The summed E-state index contributed by atoms with van der Waals surface area (Å²) in [6.45, 7) is 5.32. The van der Waals surface area contributed by atoms with E-state index in [1.165, 1.54) is 5.56 Å². The van der Waals surface area contributed by atoms with Crippen molar-refractivity contribution >= 4 is 0 Å². The summed E-state index contributed by atoms with van der Waals surface area (Å²) in [4.78, 5) is 0. The van der Waals surface area contributed by atoms with Crippen LogP contribution in [-0.4, -0.2) is 19.8 Å². The minimum Gasteiger partial charge on any atom is -0.496 e. The number of nitrogens with one attached hydrogen (secondary N) is 1. The normalized spacial score (nSPS) is 18.3. The van der Waals surface area contributed by atoms with Gasteiger partial charge in [0, 0.05) is 30.6 Å². The Morgan fingerprint density at radius 2 is 2.37 bits per heavy atom. The van der Waals surface area contributed by atoms with Crippen LogP contribution in [0.5, 0.6) is 11.5 Å². The van der Waals surface area contributed by atoms with E-state index in [0.717, 1.165) is 23.5 Å². The van der Waals surface area contributed by atoms with Crippen LogP contribution < -0.4 is 14.8 Å². The predicted octanol–water partition coefficient (Wildman–Crippen LogP) is 2.27. The van der Waals surface area contributed by atoms with E-state index in [2.05, 4.69) is 24.4 Å². The third-order valence-corrected chi connectivity index (χ3v) is 3.29. The summed E-state index contributed by atoms with van der Waals surface area (Å²) in [6, 6.07) is 6.31. The first kappa shape index (κ1) is 13.7. The Kier molecular flexibility index (Phi) is 4.28. The number of hydrogen-bond acceptors (Lipinski definition) is 4. The molecule has 4 heteroatoms. The average molecular weight is 260 g/mol. The highest BCUT2D eigenvalue weighted by Crippen LogP contribution is 2.34. The Hall–Kier alpha value is -1.73. The molecule has 2 rings (SSSR count). The zero-order valence-corrected chi connectivity index (χ0v) is 11.7. The van der Waals surface area contributed by atoms with Gasteiger partial charge in [-0.25, -0.2) is 0 Å². The molecule has 0 saturated carbocycles. The van der Waals surface area contributed by atoms with E-state index < -0.39 is 0 Å². The van der Waals surface area contributed by atoms with Crippen LogP contribution in [0.1, 0.15) is 25.0 Å². The second-order valence-electron chi connectivity index (χ2n) is 5.07. The highest BCUT2D eigenvalue weighted by Gasteiger charge is 2.21. The maximum atomic E-state index is 8.75. The van der Waals surface area contributed by atoms with Gasteiger partial charge in [-0.2, -0.15) is 5.26 Å². The lowest BCUT2D eigenvalue weighted by atomic mass is 10.1. The molecule has 1 aliphatic rings. The second-order valence-corrected chi connectivity index (χ2v) is 5.07. The van der Waals surface area contributed by atoms with Gasteiger partial charge < -0.3 is 14.8 Å². The Bertz CT molecular complexity index is 494. The van der Waals surface area contributed by atoms with Crippen LogP contribution >= 0.6 is 0 Å². The van der Waals surface area contributed by atoms with Crippen molar-refractivity contribution in [2.45, 2.75) is 32.9 Å². The smallest absolute Gasteiger partial charge is 0.123 e. The van der Waals surface area contributed by atoms with Crippen LogP contribution in [0.4, 0.5) is 0 Å². The van der Waals surface area contributed by atoms with Gasteiger partial charge in [0.2, 0.25) is 0 Å². The van der Waals surface area contributed by atoms with Crippen LogP contribution in [0.3, 0.4) is 0 Å². The van der Waals surface area contributed by atoms with Gasteiger partial charge in [0.05, 0.1) is 19.1 Å². The molecule has 19 heavy (non-hydrogen) atoms. The maximum absolute atomic E-state index is 8.75. The monoisotopic (exact) mass is 260 g/mol. The predicted molar refractivity (Wildman–Crippen MR) is 73.3 cm³/mol.